The van der Waals surface area contributed by atoms with Crippen molar-refractivity contribution in [2.45, 2.75) is 13.0 Å². The third kappa shape index (κ3) is 5.48. The lowest BCUT2D eigenvalue weighted by Gasteiger charge is -2.15. The van der Waals surface area contributed by atoms with Gasteiger partial charge in [-0.2, -0.15) is 4.39 Å². The van der Waals surface area contributed by atoms with Gasteiger partial charge in [0.15, 0.2) is 11.5 Å². The van der Waals surface area contributed by atoms with Crippen LogP contribution in [0.1, 0.15) is 18.6 Å². The lowest BCUT2D eigenvalue weighted by atomic mass is 10.2. The first-order valence-corrected chi connectivity index (χ1v) is 10.5. The van der Waals surface area contributed by atoms with E-state index in [9.17, 15) is 22.0 Å². The van der Waals surface area contributed by atoms with E-state index in [-0.39, 0.29) is 28.5 Å². The van der Waals surface area contributed by atoms with Crippen molar-refractivity contribution in [3.63, 3.8) is 0 Å². The Morgan fingerprint density at radius 2 is 1.97 bits per heavy atom. The predicted molar refractivity (Wildman–Crippen MR) is 105 cm³/mol. The maximum Gasteiger partial charge on any atom is 0.413 e. The number of sulfonamides is 1. The number of rotatable bonds is 6. The Kier molecular flexibility index (Phi) is 6.10. The lowest BCUT2D eigenvalue weighted by Crippen LogP contribution is -2.19. The van der Waals surface area contributed by atoms with E-state index in [1.807, 2.05) is 0 Å². The van der Waals surface area contributed by atoms with Crippen LogP contribution >= 0.6 is 0 Å². The van der Waals surface area contributed by atoms with Gasteiger partial charge in [0.2, 0.25) is 16.0 Å². The Bertz CT molecular complexity index is 1220. The molecular weight excluding hydrogens is 436 g/mol. The predicted octanol–water partition coefficient (Wildman–Crippen LogP) is 2.23. The average Bonchev–Trinajstić information content (AvgIpc) is 3.03. The molecule has 0 aliphatic heterocycles. The van der Waals surface area contributed by atoms with Gasteiger partial charge in [-0.05, 0) is 25.1 Å². The van der Waals surface area contributed by atoms with Crippen LogP contribution in [0, 0.1) is 11.8 Å². The van der Waals surface area contributed by atoms with Crippen LogP contribution in [-0.4, -0.2) is 45.7 Å². The third-order valence-electron chi connectivity index (χ3n) is 3.91. The molecule has 11 nitrogen and oxygen atoms in total. The molecular formula is C17H17F2N7O4S. The number of halogens is 2. The van der Waals surface area contributed by atoms with Crippen molar-refractivity contribution in [2.75, 3.05) is 16.3 Å². The van der Waals surface area contributed by atoms with Gasteiger partial charge in [0, 0.05) is 7.05 Å². The molecule has 0 saturated carbocycles. The fourth-order valence-corrected chi connectivity index (χ4v) is 3.10. The smallest absolute Gasteiger partial charge is 0.413 e. The van der Waals surface area contributed by atoms with E-state index in [1.165, 1.54) is 37.0 Å². The van der Waals surface area contributed by atoms with Gasteiger partial charge in [0.05, 0.1) is 35.6 Å². The van der Waals surface area contributed by atoms with Crippen LogP contribution in [0.3, 0.4) is 0 Å². The summed E-state index contributed by atoms with van der Waals surface area (Å²) in [7, 11) is -1.96. The van der Waals surface area contributed by atoms with Gasteiger partial charge in [-0.1, -0.05) is 5.21 Å². The molecule has 31 heavy (non-hydrogen) atoms. The highest BCUT2D eigenvalue weighted by molar-refractivity contribution is 7.92. The SMILES string of the molecule is C[C@@H](OC(=O)Nc1c(-c2ccc(NS(C)(=O)=O)cn2)nnn1C)c1cc(F)cnc1F. The molecule has 0 spiro atoms. The topological polar surface area (TPSA) is 141 Å². The summed E-state index contributed by atoms with van der Waals surface area (Å²) in [4.78, 5) is 19.7. The van der Waals surface area contributed by atoms with E-state index in [0.717, 1.165) is 12.3 Å². The standard InChI is InChI=1S/C17H17F2N7O4S/c1-9(12-6-10(18)7-21-15(12)19)30-17(27)22-16-14(23-25-26(16)2)13-5-4-11(8-20-13)24-31(3,28)29/h4-9,24H,1-3H3,(H,22,27)/t9-/m1/s1. The monoisotopic (exact) mass is 453 g/mol. The maximum absolute atomic E-state index is 13.8. The van der Waals surface area contributed by atoms with Gasteiger partial charge in [0.25, 0.3) is 0 Å². The zero-order chi connectivity index (χ0) is 22.8. The van der Waals surface area contributed by atoms with Crippen molar-refractivity contribution >= 4 is 27.6 Å². The Balaban J connectivity index is 1.76. The number of carbonyl (C=O) groups excluding carboxylic acids is 1. The average molecular weight is 453 g/mol. The minimum atomic E-state index is -3.47. The molecule has 14 heteroatoms. The van der Waals surface area contributed by atoms with Crippen LogP contribution in [0.15, 0.2) is 30.6 Å². The Morgan fingerprint density at radius 1 is 1.23 bits per heavy atom. The summed E-state index contributed by atoms with van der Waals surface area (Å²) in [6.07, 6.45) is 0.882. The number of amides is 1. The summed E-state index contributed by atoms with van der Waals surface area (Å²) >= 11 is 0. The van der Waals surface area contributed by atoms with Gasteiger partial charge < -0.3 is 4.74 Å². The van der Waals surface area contributed by atoms with Crippen molar-refractivity contribution in [2.24, 2.45) is 7.05 Å². The van der Waals surface area contributed by atoms with Crippen LogP contribution in [0.4, 0.5) is 25.1 Å². The molecule has 0 aromatic carbocycles. The first-order valence-electron chi connectivity index (χ1n) is 8.66. The molecule has 1 atom stereocenters. The lowest BCUT2D eigenvalue weighted by molar-refractivity contribution is 0.118. The van der Waals surface area contributed by atoms with E-state index >= 15 is 0 Å². The first-order chi connectivity index (χ1) is 14.5. The number of carbonyl (C=O) groups is 1. The van der Waals surface area contributed by atoms with Crippen LogP contribution in [0.5, 0.6) is 0 Å². The number of aromatic nitrogens is 5. The number of aryl methyl sites for hydroxylation is 1. The zero-order valence-electron chi connectivity index (χ0n) is 16.5. The molecule has 0 saturated heterocycles. The van der Waals surface area contributed by atoms with Gasteiger partial charge in [-0.25, -0.2) is 27.3 Å². The molecule has 3 aromatic heterocycles. The molecule has 1 amide bonds. The highest BCUT2D eigenvalue weighted by atomic mass is 32.2. The summed E-state index contributed by atoms with van der Waals surface area (Å²) in [5, 5.41) is 10.2. The highest BCUT2D eigenvalue weighted by Crippen LogP contribution is 2.26. The molecule has 0 bridgehead atoms. The third-order valence-corrected chi connectivity index (χ3v) is 4.52. The molecule has 0 aliphatic carbocycles. The summed E-state index contributed by atoms with van der Waals surface area (Å²) in [6, 6.07) is 3.82. The zero-order valence-corrected chi connectivity index (χ0v) is 17.3. The second-order valence-electron chi connectivity index (χ2n) is 6.42. The molecule has 0 unspecified atom stereocenters. The molecule has 3 aromatic rings. The first kappa shape index (κ1) is 22.0. The van der Waals surface area contributed by atoms with Crippen molar-refractivity contribution in [3.8, 4) is 11.4 Å². The van der Waals surface area contributed by atoms with Crippen LogP contribution in [0.25, 0.3) is 11.4 Å². The quantitative estimate of drug-likeness (QED) is 0.541. The molecule has 2 N–H and O–H groups in total. The van der Waals surface area contributed by atoms with E-state index in [1.54, 1.807) is 0 Å². The second-order valence-corrected chi connectivity index (χ2v) is 8.17. The normalized spacial score (nSPS) is 12.3. The van der Waals surface area contributed by atoms with Crippen molar-refractivity contribution in [1.82, 2.24) is 25.0 Å². The van der Waals surface area contributed by atoms with Crippen LogP contribution in [-0.2, 0) is 21.8 Å². The minimum Gasteiger partial charge on any atom is -0.441 e. The highest BCUT2D eigenvalue weighted by Gasteiger charge is 2.21. The summed E-state index contributed by atoms with van der Waals surface area (Å²) in [5.74, 6) is -1.62. The summed E-state index contributed by atoms with van der Waals surface area (Å²) in [5.41, 5.74) is 0.477. The number of anilines is 2. The Labute approximate surface area is 175 Å². The molecule has 3 heterocycles. The molecule has 164 valence electrons. The Morgan fingerprint density at radius 3 is 2.61 bits per heavy atom. The Hall–Kier alpha value is -3.68. The molecule has 0 fully saturated rings. The van der Waals surface area contributed by atoms with Gasteiger partial charge in [0.1, 0.15) is 11.9 Å². The van der Waals surface area contributed by atoms with E-state index in [0.29, 0.717) is 6.20 Å². The van der Waals surface area contributed by atoms with Gasteiger partial charge >= 0.3 is 6.09 Å². The van der Waals surface area contributed by atoms with Crippen LogP contribution in [0.2, 0.25) is 0 Å². The number of nitrogens with zero attached hydrogens (tertiary/aromatic N) is 5. The van der Waals surface area contributed by atoms with E-state index < -0.39 is 34.0 Å². The number of hydrogen-bond donors (Lipinski definition) is 2. The number of ether oxygens (including phenoxy) is 1. The number of pyridine rings is 2. The molecule has 0 aliphatic rings. The minimum absolute atomic E-state index is 0.117. The summed E-state index contributed by atoms with van der Waals surface area (Å²) < 4.78 is 58.3. The van der Waals surface area contributed by atoms with Crippen molar-refractivity contribution in [1.29, 1.82) is 0 Å². The second kappa shape index (κ2) is 8.59. The number of nitrogens with one attached hydrogen (secondary N) is 2. The summed E-state index contributed by atoms with van der Waals surface area (Å²) in [6.45, 7) is 1.36. The molecule has 0 radical (unpaired) electrons. The maximum atomic E-state index is 13.8. The van der Waals surface area contributed by atoms with Gasteiger partial charge in [-0.3, -0.25) is 15.0 Å². The van der Waals surface area contributed by atoms with Crippen molar-refractivity contribution < 1.29 is 26.7 Å². The van der Waals surface area contributed by atoms with E-state index in [4.69, 9.17) is 4.74 Å². The van der Waals surface area contributed by atoms with Crippen LogP contribution < -0.4 is 10.0 Å². The van der Waals surface area contributed by atoms with Crippen molar-refractivity contribution in [3.05, 3.63) is 47.9 Å². The fraction of sp³-hybridized carbons (Fsp3) is 0.235. The van der Waals surface area contributed by atoms with E-state index in [2.05, 4.69) is 30.3 Å². The molecule has 3 rings (SSSR count). The number of hydrogen-bond acceptors (Lipinski definition) is 8. The largest absolute Gasteiger partial charge is 0.441 e. The van der Waals surface area contributed by atoms with Gasteiger partial charge in [-0.15, -0.1) is 5.10 Å². The fourth-order valence-electron chi connectivity index (χ4n) is 2.55.